The maximum Gasteiger partial charge on any atom is 0.306 e. The Kier molecular flexibility index (Phi) is 13.5. The van der Waals surface area contributed by atoms with Crippen LogP contribution in [0.1, 0.15) is 78.6 Å². The molecule has 0 aliphatic carbocycles. The number of hydrogen-bond donors (Lipinski definition) is 0. The zero-order valence-electron chi connectivity index (χ0n) is 14.3. The van der Waals surface area contributed by atoms with Crippen LogP contribution >= 0.6 is 0 Å². The van der Waals surface area contributed by atoms with Crippen LogP contribution in [0.15, 0.2) is 0 Å². The van der Waals surface area contributed by atoms with E-state index in [2.05, 4.69) is 18.8 Å². The van der Waals surface area contributed by atoms with Crippen LogP contribution in [0, 0.1) is 11.8 Å². The molecule has 0 aromatic heterocycles. The molecule has 0 aromatic rings. The van der Waals surface area contributed by atoms with Crippen molar-refractivity contribution in [2.45, 2.75) is 84.7 Å². The summed E-state index contributed by atoms with van der Waals surface area (Å²) < 4.78 is 10.4. The lowest BCUT2D eigenvalue weighted by molar-refractivity contribution is -0.149. The van der Waals surface area contributed by atoms with E-state index in [0.717, 1.165) is 32.1 Å². The summed E-state index contributed by atoms with van der Waals surface area (Å²) >= 11 is 0. The Morgan fingerprint density at radius 1 is 0.955 bits per heavy atom. The van der Waals surface area contributed by atoms with Gasteiger partial charge < -0.3 is 9.47 Å². The number of unbranched alkanes of at least 4 members (excludes halogenated alkanes) is 2. The molecule has 0 spiro atoms. The fourth-order valence-corrected chi connectivity index (χ4v) is 1.69. The van der Waals surface area contributed by atoms with Gasteiger partial charge in [-0.05, 0) is 25.7 Å². The van der Waals surface area contributed by atoms with E-state index >= 15 is 0 Å². The maximum absolute atomic E-state index is 11.7. The van der Waals surface area contributed by atoms with E-state index in [1.807, 2.05) is 13.8 Å². The van der Waals surface area contributed by atoms with Crippen molar-refractivity contribution in [2.75, 3.05) is 6.61 Å². The van der Waals surface area contributed by atoms with E-state index in [4.69, 9.17) is 9.47 Å². The summed E-state index contributed by atoms with van der Waals surface area (Å²) in [6.45, 7) is 6.57. The first-order chi connectivity index (χ1) is 10.6. The Bertz CT molecular complexity index is 365. The number of carbonyl (C=O) groups is 2. The van der Waals surface area contributed by atoms with Gasteiger partial charge in [-0.15, -0.1) is 5.92 Å². The SMILES string of the molecule is CCCC#CCC(CC)OC(=O)CCCC(=O)OCCCC. The van der Waals surface area contributed by atoms with Gasteiger partial charge in [0, 0.05) is 25.7 Å². The van der Waals surface area contributed by atoms with Gasteiger partial charge in [-0.3, -0.25) is 9.59 Å². The summed E-state index contributed by atoms with van der Waals surface area (Å²) in [6, 6.07) is 0. The van der Waals surface area contributed by atoms with Gasteiger partial charge in [0.1, 0.15) is 6.10 Å². The van der Waals surface area contributed by atoms with Crippen LogP contribution in [0.3, 0.4) is 0 Å². The fraction of sp³-hybridized carbons (Fsp3) is 0.778. The van der Waals surface area contributed by atoms with Gasteiger partial charge in [0.2, 0.25) is 0 Å². The second-order valence-electron chi connectivity index (χ2n) is 5.26. The number of carbonyl (C=O) groups excluding carboxylic acids is 2. The molecule has 0 saturated heterocycles. The second kappa shape index (κ2) is 14.4. The molecule has 1 unspecified atom stereocenters. The summed E-state index contributed by atoms with van der Waals surface area (Å²) in [7, 11) is 0. The molecule has 0 aromatic carbocycles. The van der Waals surface area contributed by atoms with E-state index in [1.54, 1.807) is 0 Å². The standard InChI is InChI=1S/C18H30O4/c1-4-7-9-10-12-16(6-3)22-18(20)14-11-13-17(19)21-15-8-5-2/h16H,4-8,11-15H2,1-3H3. The molecule has 4 nitrogen and oxygen atoms in total. The molecular formula is C18H30O4. The molecule has 1 atom stereocenters. The zero-order chi connectivity index (χ0) is 16.6. The van der Waals surface area contributed by atoms with Gasteiger partial charge in [-0.1, -0.05) is 33.1 Å². The molecule has 0 saturated carbocycles. The highest BCUT2D eigenvalue weighted by atomic mass is 16.5. The lowest BCUT2D eigenvalue weighted by atomic mass is 10.2. The molecular weight excluding hydrogens is 280 g/mol. The van der Waals surface area contributed by atoms with Gasteiger partial charge in [-0.25, -0.2) is 0 Å². The van der Waals surface area contributed by atoms with Crippen molar-refractivity contribution in [1.29, 1.82) is 0 Å². The first-order valence-electron chi connectivity index (χ1n) is 8.44. The molecule has 0 radical (unpaired) electrons. The average molecular weight is 310 g/mol. The largest absolute Gasteiger partial charge is 0.466 e. The molecule has 0 N–H and O–H groups in total. The van der Waals surface area contributed by atoms with Gasteiger partial charge in [0.05, 0.1) is 6.61 Å². The first kappa shape index (κ1) is 20.5. The van der Waals surface area contributed by atoms with Gasteiger partial charge in [0.15, 0.2) is 0 Å². The zero-order valence-corrected chi connectivity index (χ0v) is 14.3. The third kappa shape index (κ3) is 12.3. The molecule has 22 heavy (non-hydrogen) atoms. The Morgan fingerprint density at radius 3 is 2.32 bits per heavy atom. The minimum atomic E-state index is -0.259. The number of esters is 2. The summed E-state index contributed by atoms with van der Waals surface area (Å²) in [6.07, 6.45) is 5.99. The number of ether oxygens (including phenoxy) is 2. The Morgan fingerprint density at radius 2 is 1.68 bits per heavy atom. The predicted molar refractivity (Wildman–Crippen MR) is 87.2 cm³/mol. The predicted octanol–water partition coefficient (Wildman–Crippen LogP) is 4.02. The van der Waals surface area contributed by atoms with Crippen LogP contribution in [0.4, 0.5) is 0 Å². The third-order valence-electron chi connectivity index (χ3n) is 3.11. The van der Waals surface area contributed by atoms with Gasteiger partial charge in [0.25, 0.3) is 0 Å². The van der Waals surface area contributed by atoms with Crippen LogP contribution in [0.25, 0.3) is 0 Å². The quantitative estimate of drug-likeness (QED) is 0.329. The van der Waals surface area contributed by atoms with Crippen molar-refractivity contribution in [1.82, 2.24) is 0 Å². The van der Waals surface area contributed by atoms with Crippen molar-refractivity contribution in [3.05, 3.63) is 0 Å². The van der Waals surface area contributed by atoms with Crippen molar-refractivity contribution in [3.63, 3.8) is 0 Å². The molecule has 0 bridgehead atoms. The number of rotatable bonds is 11. The van der Waals surface area contributed by atoms with Crippen molar-refractivity contribution in [3.8, 4) is 11.8 Å². The summed E-state index contributed by atoms with van der Waals surface area (Å²) in [5.74, 6) is 5.60. The third-order valence-corrected chi connectivity index (χ3v) is 3.11. The number of hydrogen-bond acceptors (Lipinski definition) is 4. The first-order valence-corrected chi connectivity index (χ1v) is 8.44. The molecule has 126 valence electrons. The monoisotopic (exact) mass is 310 g/mol. The second-order valence-corrected chi connectivity index (χ2v) is 5.26. The molecule has 0 fully saturated rings. The lowest BCUT2D eigenvalue weighted by Crippen LogP contribution is -2.17. The minimum absolute atomic E-state index is 0.145. The van der Waals surface area contributed by atoms with Crippen molar-refractivity contribution >= 4 is 11.9 Å². The summed E-state index contributed by atoms with van der Waals surface area (Å²) in [5.41, 5.74) is 0. The van der Waals surface area contributed by atoms with Crippen molar-refractivity contribution in [2.24, 2.45) is 0 Å². The van der Waals surface area contributed by atoms with E-state index in [-0.39, 0.29) is 30.9 Å². The van der Waals surface area contributed by atoms with E-state index in [1.165, 1.54) is 0 Å². The van der Waals surface area contributed by atoms with E-state index in [9.17, 15) is 9.59 Å². The molecule has 0 aliphatic rings. The Balaban J connectivity index is 3.82. The van der Waals surface area contributed by atoms with Gasteiger partial charge >= 0.3 is 11.9 Å². The average Bonchev–Trinajstić information content (AvgIpc) is 2.50. The molecule has 0 rings (SSSR count). The Hall–Kier alpha value is -1.50. The van der Waals surface area contributed by atoms with Crippen LogP contribution in [0.2, 0.25) is 0 Å². The molecule has 0 aliphatic heterocycles. The highest BCUT2D eigenvalue weighted by Gasteiger charge is 2.12. The molecule has 0 heterocycles. The maximum atomic E-state index is 11.7. The lowest BCUT2D eigenvalue weighted by Gasteiger charge is -2.13. The fourth-order valence-electron chi connectivity index (χ4n) is 1.69. The van der Waals surface area contributed by atoms with Crippen molar-refractivity contribution < 1.29 is 19.1 Å². The highest BCUT2D eigenvalue weighted by Crippen LogP contribution is 2.07. The van der Waals surface area contributed by atoms with Crippen LogP contribution in [-0.4, -0.2) is 24.6 Å². The minimum Gasteiger partial charge on any atom is -0.466 e. The van der Waals surface area contributed by atoms with Crippen LogP contribution in [-0.2, 0) is 19.1 Å². The van der Waals surface area contributed by atoms with E-state index < -0.39 is 0 Å². The molecule has 4 heteroatoms. The highest BCUT2D eigenvalue weighted by molar-refractivity contribution is 5.72. The normalized spacial score (nSPS) is 11.2. The Labute approximate surface area is 134 Å². The topological polar surface area (TPSA) is 52.6 Å². The smallest absolute Gasteiger partial charge is 0.306 e. The molecule has 0 amide bonds. The summed E-state index contributed by atoms with van der Waals surface area (Å²) in [5, 5.41) is 0. The summed E-state index contributed by atoms with van der Waals surface area (Å²) in [4.78, 5) is 23.1. The van der Waals surface area contributed by atoms with Gasteiger partial charge in [-0.2, -0.15) is 0 Å². The van der Waals surface area contributed by atoms with Crippen LogP contribution < -0.4 is 0 Å². The van der Waals surface area contributed by atoms with E-state index in [0.29, 0.717) is 19.4 Å². The van der Waals surface area contributed by atoms with Crippen LogP contribution in [0.5, 0.6) is 0 Å².